The van der Waals surface area contributed by atoms with Crippen molar-refractivity contribution in [2.24, 2.45) is 0 Å². The van der Waals surface area contributed by atoms with Crippen LogP contribution in [0.4, 0.5) is 0 Å². The molecule has 2 aromatic heterocycles. The Morgan fingerprint density at radius 2 is 2.08 bits per heavy atom. The van der Waals surface area contributed by atoms with Crippen LogP contribution in [0, 0.1) is 6.92 Å². The number of hydrogen-bond acceptors (Lipinski definition) is 3. The van der Waals surface area contributed by atoms with Crippen molar-refractivity contribution in [2.45, 2.75) is 13.3 Å². The van der Waals surface area contributed by atoms with Crippen molar-refractivity contribution < 1.29 is 14.6 Å². The number of aryl methyl sites for hydroxylation is 1. The summed E-state index contributed by atoms with van der Waals surface area (Å²) in [4.78, 5) is 15.7. The fourth-order valence-electron chi connectivity index (χ4n) is 2.76. The number of ether oxygens (including phenoxy) is 1. The van der Waals surface area contributed by atoms with Gasteiger partial charge in [0.15, 0.2) is 0 Å². The summed E-state index contributed by atoms with van der Waals surface area (Å²) >= 11 is 0. The fourth-order valence-corrected chi connectivity index (χ4v) is 2.76. The standard InChI is InChI=1S/C19H18N2O3/c1-13-6-5-11-21-16(9-10-18(22)23)15(20-19(13)21)12-14-7-3-4-8-17(14)24-2/h3-11H,12H2,1-2H3,(H,22,23)/b10-9+. The minimum absolute atomic E-state index is 0.560. The number of para-hydroxylation sites is 1. The van der Waals surface area contributed by atoms with Crippen LogP contribution in [0.15, 0.2) is 48.7 Å². The number of imidazole rings is 1. The normalized spacial score (nSPS) is 11.2. The lowest BCUT2D eigenvalue weighted by Gasteiger charge is -2.07. The molecular formula is C19H18N2O3. The largest absolute Gasteiger partial charge is 0.496 e. The van der Waals surface area contributed by atoms with Gasteiger partial charge in [-0.1, -0.05) is 24.3 Å². The van der Waals surface area contributed by atoms with Gasteiger partial charge in [-0.25, -0.2) is 9.78 Å². The minimum atomic E-state index is -0.985. The van der Waals surface area contributed by atoms with E-state index < -0.39 is 5.97 Å². The Balaban J connectivity index is 2.14. The van der Waals surface area contributed by atoms with Crippen LogP contribution in [0.25, 0.3) is 11.7 Å². The van der Waals surface area contributed by atoms with Crippen LogP contribution in [-0.2, 0) is 11.2 Å². The van der Waals surface area contributed by atoms with Crippen LogP contribution in [0.2, 0.25) is 0 Å². The quantitative estimate of drug-likeness (QED) is 0.732. The molecule has 3 aromatic rings. The lowest BCUT2D eigenvalue weighted by atomic mass is 10.1. The maximum absolute atomic E-state index is 10.9. The lowest BCUT2D eigenvalue weighted by molar-refractivity contribution is -0.131. The molecule has 0 aliphatic rings. The first kappa shape index (κ1) is 15.8. The van der Waals surface area contributed by atoms with Gasteiger partial charge in [-0.2, -0.15) is 0 Å². The van der Waals surface area contributed by atoms with Crippen molar-refractivity contribution >= 4 is 17.7 Å². The number of aliphatic carboxylic acids is 1. The zero-order chi connectivity index (χ0) is 17.1. The fraction of sp³-hybridized carbons (Fsp3) is 0.158. The number of carboxylic acids is 1. The molecule has 0 aliphatic heterocycles. The predicted octanol–water partition coefficient (Wildman–Crippen LogP) is 3.34. The van der Waals surface area contributed by atoms with Crippen molar-refractivity contribution in [3.8, 4) is 5.75 Å². The molecule has 122 valence electrons. The smallest absolute Gasteiger partial charge is 0.328 e. The molecule has 0 saturated carbocycles. The van der Waals surface area contributed by atoms with Gasteiger partial charge in [0.05, 0.1) is 18.5 Å². The number of fused-ring (bicyclic) bond motifs is 1. The number of methoxy groups -OCH3 is 1. The summed E-state index contributed by atoms with van der Waals surface area (Å²) < 4.78 is 7.32. The Hall–Kier alpha value is -3.08. The summed E-state index contributed by atoms with van der Waals surface area (Å²) in [7, 11) is 1.64. The van der Waals surface area contributed by atoms with E-state index >= 15 is 0 Å². The third kappa shape index (κ3) is 3.01. The predicted molar refractivity (Wildman–Crippen MR) is 92.4 cm³/mol. The number of hydrogen-bond donors (Lipinski definition) is 1. The van der Waals surface area contributed by atoms with Crippen LogP contribution in [0.3, 0.4) is 0 Å². The number of rotatable bonds is 5. The molecule has 0 radical (unpaired) electrons. The third-order valence-electron chi connectivity index (χ3n) is 3.89. The van der Waals surface area contributed by atoms with Gasteiger partial charge in [0, 0.05) is 24.3 Å². The number of pyridine rings is 1. The van der Waals surface area contributed by atoms with Crippen molar-refractivity contribution in [1.29, 1.82) is 0 Å². The van der Waals surface area contributed by atoms with Gasteiger partial charge in [0.1, 0.15) is 11.4 Å². The Morgan fingerprint density at radius 3 is 2.83 bits per heavy atom. The molecule has 0 unspecified atom stereocenters. The lowest BCUT2D eigenvalue weighted by Crippen LogP contribution is -1.97. The van der Waals surface area contributed by atoms with Crippen LogP contribution < -0.4 is 4.74 Å². The molecule has 3 rings (SSSR count). The number of benzene rings is 1. The molecule has 1 N–H and O–H groups in total. The second kappa shape index (κ2) is 6.58. The Labute approximate surface area is 139 Å². The van der Waals surface area contributed by atoms with Gasteiger partial charge in [-0.05, 0) is 30.7 Å². The Bertz CT molecular complexity index is 926. The van der Waals surface area contributed by atoms with E-state index in [0.29, 0.717) is 6.42 Å². The van der Waals surface area contributed by atoms with E-state index in [2.05, 4.69) is 0 Å². The van der Waals surface area contributed by atoms with Crippen molar-refractivity contribution in [3.05, 3.63) is 71.2 Å². The van der Waals surface area contributed by atoms with Gasteiger partial charge in [-0.3, -0.25) is 4.40 Å². The molecule has 0 aliphatic carbocycles. The van der Waals surface area contributed by atoms with E-state index in [1.54, 1.807) is 13.2 Å². The van der Waals surface area contributed by atoms with E-state index in [-0.39, 0.29) is 0 Å². The third-order valence-corrected chi connectivity index (χ3v) is 3.89. The molecular weight excluding hydrogens is 304 g/mol. The first-order valence-corrected chi connectivity index (χ1v) is 7.59. The first-order valence-electron chi connectivity index (χ1n) is 7.59. The summed E-state index contributed by atoms with van der Waals surface area (Å²) in [5.41, 5.74) is 4.44. The van der Waals surface area contributed by atoms with Crippen molar-refractivity contribution in [3.63, 3.8) is 0 Å². The van der Waals surface area contributed by atoms with Crippen LogP contribution in [0.5, 0.6) is 5.75 Å². The second-order valence-corrected chi connectivity index (χ2v) is 5.49. The molecule has 5 nitrogen and oxygen atoms in total. The average Bonchev–Trinajstić information content (AvgIpc) is 2.92. The zero-order valence-corrected chi connectivity index (χ0v) is 13.6. The van der Waals surface area contributed by atoms with Crippen LogP contribution in [0.1, 0.15) is 22.5 Å². The number of nitrogens with zero attached hydrogens (tertiary/aromatic N) is 2. The average molecular weight is 322 g/mol. The van der Waals surface area contributed by atoms with E-state index in [4.69, 9.17) is 14.8 Å². The highest BCUT2D eigenvalue weighted by atomic mass is 16.5. The zero-order valence-electron chi connectivity index (χ0n) is 13.6. The molecule has 0 saturated heterocycles. The molecule has 0 bridgehead atoms. The van der Waals surface area contributed by atoms with E-state index in [0.717, 1.165) is 40.0 Å². The highest BCUT2D eigenvalue weighted by Crippen LogP contribution is 2.24. The van der Waals surface area contributed by atoms with Crippen LogP contribution in [-0.4, -0.2) is 27.6 Å². The van der Waals surface area contributed by atoms with Crippen molar-refractivity contribution in [1.82, 2.24) is 9.38 Å². The van der Waals surface area contributed by atoms with Gasteiger partial charge in [-0.15, -0.1) is 0 Å². The summed E-state index contributed by atoms with van der Waals surface area (Å²) in [5.74, 6) is -0.194. The molecule has 2 heterocycles. The number of carbonyl (C=O) groups is 1. The van der Waals surface area contributed by atoms with Gasteiger partial charge < -0.3 is 9.84 Å². The highest BCUT2D eigenvalue weighted by Gasteiger charge is 2.14. The summed E-state index contributed by atoms with van der Waals surface area (Å²) in [6.45, 7) is 1.99. The van der Waals surface area contributed by atoms with Gasteiger partial charge in [0.2, 0.25) is 0 Å². The van der Waals surface area contributed by atoms with E-state index in [1.165, 1.54) is 0 Å². The molecule has 24 heavy (non-hydrogen) atoms. The summed E-state index contributed by atoms with van der Waals surface area (Å²) in [5, 5.41) is 8.97. The molecule has 5 heteroatoms. The van der Waals surface area contributed by atoms with Crippen molar-refractivity contribution in [2.75, 3.05) is 7.11 Å². The number of aromatic nitrogens is 2. The molecule has 0 amide bonds. The Morgan fingerprint density at radius 1 is 1.29 bits per heavy atom. The minimum Gasteiger partial charge on any atom is -0.496 e. The highest BCUT2D eigenvalue weighted by molar-refractivity contribution is 5.85. The summed E-state index contributed by atoms with van der Waals surface area (Å²) in [6.07, 6.45) is 5.18. The monoisotopic (exact) mass is 322 g/mol. The van der Waals surface area contributed by atoms with Gasteiger partial charge >= 0.3 is 5.97 Å². The number of carboxylic acid groups (broad SMARTS) is 1. The molecule has 0 spiro atoms. The van der Waals surface area contributed by atoms with Gasteiger partial charge in [0.25, 0.3) is 0 Å². The van der Waals surface area contributed by atoms with E-state index in [9.17, 15) is 4.79 Å². The van der Waals surface area contributed by atoms with E-state index in [1.807, 2.05) is 53.9 Å². The Kier molecular flexibility index (Phi) is 4.33. The molecule has 0 fully saturated rings. The van der Waals surface area contributed by atoms with Crippen LogP contribution >= 0.6 is 0 Å². The topological polar surface area (TPSA) is 63.8 Å². The first-order chi connectivity index (χ1) is 11.6. The maximum atomic E-state index is 10.9. The SMILES string of the molecule is COc1ccccc1Cc1nc2c(C)cccn2c1/C=C/C(=O)O. The molecule has 0 atom stereocenters. The second-order valence-electron chi connectivity index (χ2n) is 5.49. The molecule has 1 aromatic carbocycles. The summed E-state index contributed by atoms with van der Waals surface area (Å²) in [6, 6.07) is 11.7. The maximum Gasteiger partial charge on any atom is 0.328 e.